The SMILES string of the molecule is SCCCCCOc1ccc(Cl)cc1Cl. The summed E-state index contributed by atoms with van der Waals surface area (Å²) in [7, 11) is 0. The van der Waals surface area contributed by atoms with Gasteiger partial charge in [0.15, 0.2) is 0 Å². The summed E-state index contributed by atoms with van der Waals surface area (Å²) in [5, 5.41) is 1.19. The van der Waals surface area contributed by atoms with Crippen molar-refractivity contribution in [1.29, 1.82) is 0 Å². The maximum Gasteiger partial charge on any atom is 0.137 e. The summed E-state index contributed by atoms with van der Waals surface area (Å²) < 4.78 is 5.52. The van der Waals surface area contributed by atoms with E-state index in [4.69, 9.17) is 27.9 Å². The van der Waals surface area contributed by atoms with Crippen molar-refractivity contribution in [2.45, 2.75) is 19.3 Å². The van der Waals surface area contributed by atoms with Gasteiger partial charge in [-0.25, -0.2) is 0 Å². The average Bonchev–Trinajstić information content (AvgIpc) is 2.20. The first-order valence-corrected chi connectivity index (χ1v) is 6.31. The van der Waals surface area contributed by atoms with Gasteiger partial charge in [0.2, 0.25) is 0 Å². The second-order valence-corrected chi connectivity index (χ2v) is 4.50. The van der Waals surface area contributed by atoms with Crippen LogP contribution in [0.1, 0.15) is 19.3 Å². The normalized spacial score (nSPS) is 10.3. The Morgan fingerprint density at radius 1 is 1.13 bits per heavy atom. The molecule has 1 rings (SSSR count). The molecule has 0 aliphatic carbocycles. The Morgan fingerprint density at radius 2 is 1.93 bits per heavy atom. The van der Waals surface area contributed by atoms with Crippen LogP contribution < -0.4 is 4.74 Å². The summed E-state index contributed by atoms with van der Waals surface area (Å²) in [4.78, 5) is 0. The van der Waals surface area contributed by atoms with Gasteiger partial charge < -0.3 is 4.74 Å². The lowest BCUT2D eigenvalue weighted by Crippen LogP contribution is -1.97. The van der Waals surface area contributed by atoms with E-state index in [1.54, 1.807) is 18.2 Å². The highest BCUT2D eigenvalue weighted by atomic mass is 35.5. The van der Waals surface area contributed by atoms with Gasteiger partial charge in [0.1, 0.15) is 5.75 Å². The molecule has 1 nitrogen and oxygen atoms in total. The van der Waals surface area contributed by atoms with Gasteiger partial charge >= 0.3 is 0 Å². The minimum Gasteiger partial charge on any atom is -0.492 e. The van der Waals surface area contributed by atoms with Gasteiger partial charge in [-0.2, -0.15) is 12.6 Å². The third-order valence-corrected chi connectivity index (χ3v) is 2.80. The third kappa shape index (κ3) is 5.01. The van der Waals surface area contributed by atoms with Crippen LogP contribution in [0.25, 0.3) is 0 Å². The van der Waals surface area contributed by atoms with Crippen LogP contribution in [0.3, 0.4) is 0 Å². The Bertz CT molecular complexity index is 305. The quantitative estimate of drug-likeness (QED) is 0.589. The maximum atomic E-state index is 5.95. The van der Waals surface area contributed by atoms with E-state index in [9.17, 15) is 0 Å². The lowest BCUT2D eigenvalue weighted by Gasteiger charge is -2.07. The van der Waals surface area contributed by atoms with Gasteiger partial charge in [-0.05, 0) is 43.2 Å². The van der Waals surface area contributed by atoms with Crippen LogP contribution in [0.4, 0.5) is 0 Å². The Hall–Kier alpha value is -0.0500. The number of unbranched alkanes of at least 4 members (excludes halogenated alkanes) is 2. The molecule has 0 aliphatic rings. The lowest BCUT2D eigenvalue weighted by atomic mass is 10.3. The average molecular weight is 265 g/mol. The largest absolute Gasteiger partial charge is 0.492 e. The predicted molar refractivity (Wildman–Crippen MR) is 69.7 cm³/mol. The van der Waals surface area contributed by atoms with Crippen LogP contribution in [0.2, 0.25) is 10.0 Å². The van der Waals surface area contributed by atoms with E-state index >= 15 is 0 Å². The second-order valence-electron chi connectivity index (χ2n) is 3.21. The van der Waals surface area contributed by atoms with E-state index in [-0.39, 0.29) is 0 Å². The Labute approximate surface area is 106 Å². The molecule has 0 heterocycles. The topological polar surface area (TPSA) is 9.23 Å². The highest BCUT2D eigenvalue weighted by Gasteiger charge is 2.01. The molecule has 1 aromatic carbocycles. The van der Waals surface area contributed by atoms with Crippen LogP contribution in [0, 0.1) is 0 Å². The molecule has 0 saturated carbocycles. The monoisotopic (exact) mass is 264 g/mol. The highest BCUT2D eigenvalue weighted by Crippen LogP contribution is 2.27. The summed E-state index contributed by atoms with van der Waals surface area (Å²) in [5.41, 5.74) is 0. The molecule has 0 aliphatic heterocycles. The van der Waals surface area contributed by atoms with Crippen LogP contribution >= 0.6 is 35.8 Å². The van der Waals surface area contributed by atoms with Crippen molar-refractivity contribution in [2.75, 3.05) is 12.4 Å². The fraction of sp³-hybridized carbons (Fsp3) is 0.455. The number of halogens is 2. The smallest absolute Gasteiger partial charge is 0.137 e. The van der Waals surface area contributed by atoms with Crippen LogP contribution in [-0.4, -0.2) is 12.4 Å². The van der Waals surface area contributed by atoms with E-state index in [0.717, 1.165) is 25.0 Å². The standard InChI is InChI=1S/C11H14Cl2OS/c12-9-4-5-11(10(13)8-9)14-6-2-1-3-7-15/h4-5,8,15H,1-3,6-7H2. The van der Waals surface area contributed by atoms with Gasteiger partial charge in [-0.15, -0.1) is 0 Å². The van der Waals surface area contributed by atoms with E-state index < -0.39 is 0 Å². The molecule has 1 aromatic rings. The number of rotatable bonds is 6. The molecule has 84 valence electrons. The van der Waals surface area contributed by atoms with Gasteiger partial charge in [-0.3, -0.25) is 0 Å². The molecular weight excluding hydrogens is 251 g/mol. The van der Waals surface area contributed by atoms with Crippen molar-refractivity contribution < 1.29 is 4.74 Å². The van der Waals surface area contributed by atoms with E-state index in [1.807, 2.05) is 0 Å². The fourth-order valence-corrected chi connectivity index (χ4v) is 1.85. The molecule has 0 amide bonds. The van der Waals surface area contributed by atoms with Crippen LogP contribution in [-0.2, 0) is 0 Å². The molecule has 0 aromatic heterocycles. The first-order valence-electron chi connectivity index (χ1n) is 4.93. The van der Waals surface area contributed by atoms with Crippen molar-refractivity contribution in [3.63, 3.8) is 0 Å². The Kier molecular flexibility index (Phi) is 6.30. The molecule has 0 bridgehead atoms. The zero-order valence-corrected chi connectivity index (χ0v) is 10.8. The molecule has 0 spiro atoms. The molecule has 0 saturated heterocycles. The second kappa shape index (κ2) is 7.26. The van der Waals surface area contributed by atoms with Gasteiger partial charge in [0.05, 0.1) is 11.6 Å². The van der Waals surface area contributed by atoms with Crippen molar-refractivity contribution in [3.8, 4) is 5.75 Å². The molecule has 0 radical (unpaired) electrons. The highest BCUT2D eigenvalue weighted by molar-refractivity contribution is 7.80. The minimum atomic E-state index is 0.566. The number of benzene rings is 1. The number of thiol groups is 1. The van der Waals surface area contributed by atoms with Crippen LogP contribution in [0.15, 0.2) is 18.2 Å². The van der Waals surface area contributed by atoms with E-state index in [2.05, 4.69) is 12.6 Å². The first-order chi connectivity index (χ1) is 7.24. The Balaban J connectivity index is 2.31. The summed E-state index contributed by atoms with van der Waals surface area (Å²) in [6.45, 7) is 0.690. The minimum absolute atomic E-state index is 0.566. The van der Waals surface area contributed by atoms with Gasteiger partial charge in [0.25, 0.3) is 0 Å². The molecule has 0 atom stereocenters. The fourth-order valence-electron chi connectivity index (χ4n) is 1.17. The predicted octanol–water partition coefficient (Wildman–Crippen LogP) is 4.47. The molecule has 4 heteroatoms. The number of ether oxygens (including phenoxy) is 1. The molecule has 0 fully saturated rings. The van der Waals surface area contributed by atoms with Gasteiger partial charge in [0, 0.05) is 5.02 Å². The number of hydrogen-bond donors (Lipinski definition) is 1. The lowest BCUT2D eigenvalue weighted by molar-refractivity contribution is 0.306. The first kappa shape index (κ1) is 13.0. The molecule has 0 N–H and O–H groups in total. The maximum absolute atomic E-state index is 5.95. The number of hydrogen-bond acceptors (Lipinski definition) is 2. The van der Waals surface area contributed by atoms with Crippen molar-refractivity contribution in [1.82, 2.24) is 0 Å². The summed E-state index contributed by atoms with van der Waals surface area (Å²) in [6, 6.07) is 5.26. The van der Waals surface area contributed by atoms with Gasteiger partial charge in [-0.1, -0.05) is 23.2 Å². The molecule has 0 unspecified atom stereocenters. The Morgan fingerprint density at radius 3 is 2.60 bits per heavy atom. The summed E-state index contributed by atoms with van der Waals surface area (Å²) in [6.07, 6.45) is 3.29. The van der Waals surface area contributed by atoms with E-state index in [1.165, 1.54) is 0 Å². The molecule has 15 heavy (non-hydrogen) atoms. The van der Waals surface area contributed by atoms with Crippen LogP contribution in [0.5, 0.6) is 5.75 Å². The molecular formula is C11H14Cl2OS. The van der Waals surface area contributed by atoms with E-state index in [0.29, 0.717) is 22.4 Å². The zero-order chi connectivity index (χ0) is 11.1. The van der Waals surface area contributed by atoms with Crippen molar-refractivity contribution in [2.24, 2.45) is 0 Å². The summed E-state index contributed by atoms with van der Waals surface area (Å²) >= 11 is 15.9. The van der Waals surface area contributed by atoms with Crippen molar-refractivity contribution in [3.05, 3.63) is 28.2 Å². The summed E-state index contributed by atoms with van der Waals surface area (Å²) in [5.74, 6) is 1.63. The third-order valence-electron chi connectivity index (χ3n) is 1.95. The van der Waals surface area contributed by atoms with Crippen molar-refractivity contribution >= 4 is 35.8 Å². The zero-order valence-electron chi connectivity index (χ0n) is 8.38.